The lowest BCUT2D eigenvalue weighted by Gasteiger charge is -2.07. The molecule has 0 saturated carbocycles. The van der Waals surface area contributed by atoms with Gasteiger partial charge in [0.05, 0.1) is 5.75 Å². The molecule has 0 saturated heterocycles. The predicted octanol–water partition coefficient (Wildman–Crippen LogP) is 1.65. The predicted molar refractivity (Wildman–Crippen MR) is 80.2 cm³/mol. The second kappa shape index (κ2) is 5.96. The molecule has 7 heteroatoms. The number of rotatable bonds is 4. The Labute approximate surface area is 121 Å². The Morgan fingerprint density at radius 2 is 1.90 bits per heavy atom. The number of carbonyl (C=O) groups excluding carboxylic acids is 1. The van der Waals surface area contributed by atoms with Crippen LogP contribution in [0.15, 0.2) is 23.4 Å². The Kier molecular flexibility index (Phi) is 4.29. The minimum atomic E-state index is -0.0966. The number of nitrogens with two attached hydrogens (primary N) is 1. The van der Waals surface area contributed by atoms with E-state index in [2.05, 4.69) is 21.6 Å². The minimum Gasteiger partial charge on any atom is -0.336 e. The first-order valence-corrected chi connectivity index (χ1v) is 7.12. The molecule has 0 aliphatic heterocycles. The first-order valence-electron chi connectivity index (χ1n) is 6.14. The lowest BCUT2D eigenvalue weighted by Crippen LogP contribution is -2.16. The van der Waals surface area contributed by atoms with Crippen molar-refractivity contribution in [3.63, 3.8) is 0 Å². The molecular formula is C13H17N5OS. The highest BCUT2D eigenvalue weighted by atomic mass is 32.2. The van der Waals surface area contributed by atoms with Gasteiger partial charge in [0.25, 0.3) is 0 Å². The summed E-state index contributed by atoms with van der Waals surface area (Å²) in [7, 11) is 0. The highest BCUT2D eigenvalue weighted by Crippen LogP contribution is 2.17. The van der Waals surface area contributed by atoms with Gasteiger partial charge in [-0.2, -0.15) is 0 Å². The van der Waals surface area contributed by atoms with Crippen molar-refractivity contribution < 1.29 is 4.79 Å². The third-order valence-electron chi connectivity index (χ3n) is 2.67. The fraction of sp³-hybridized carbons (Fsp3) is 0.308. The summed E-state index contributed by atoms with van der Waals surface area (Å²) >= 11 is 1.26. The summed E-state index contributed by atoms with van der Waals surface area (Å²) in [6.07, 6.45) is 0. The van der Waals surface area contributed by atoms with Crippen molar-refractivity contribution in [1.82, 2.24) is 14.9 Å². The number of nitrogens with one attached hydrogen (secondary N) is 1. The molecule has 1 aromatic heterocycles. The molecule has 106 valence electrons. The minimum absolute atomic E-state index is 0.0966. The van der Waals surface area contributed by atoms with Gasteiger partial charge in [-0.1, -0.05) is 17.8 Å². The molecule has 1 aromatic carbocycles. The summed E-state index contributed by atoms with van der Waals surface area (Å²) in [5, 5.41) is 11.1. The van der Waals surface area contributed by atoms with Gasteiger partial charge in [0.1, 0.15) is 5.82 Å². The Hall–Kier alpha value is -2.02. The van der Waals surface area contributed by atoms with Crippen LogP contribution in [0.25, 0.3) is 0 Å². The van der Waals surface area contributed by atoms with E-state index in [0.717, 1.165) is 16.8 Å². The maximum Gasteiger partial charge on any atom is 0.234 e. The standard InChI is InChI=1S/C13H17N5OS/c1-8-4-9(2)6-11(5-8)15-12(19)7-20-13-17-16-10(3)18(13)14/h4-6H,7,14H2,1-3H3,(H,15,19). The first-order chi connectivity index (χ1) is 9.45. The summed E-state index contributed by atoms with van der Waals surface area (Å²) < 4.78 is 1.37. The highest BCUT2D eigenvalue weighted by Gasteiger charge is 2.10. The molecule has 6 nitrogen and oxygen atoms in total. The number of hydrogen-bond acceptors (Lipinski definition) is 5. The number of thioether (sulfide) groups is 1. The Bertz CT molecular complexity index is 617. The Balaban J connectivity index is 1.94. The molecule has 0 unspecified atom stereocenters. The van der Waals surface area contributed by atoms with Crippen molar-refractivity contribution >= 4 is 23.4 Å². The fourth-order valence-electron chi connectivity index (χ4n) is 1.82. The lowest BCUT2D eigenvalue weighted by molar-refractivity contribution is -0.113. The van der Waals surface area contributed by atoms with Gasteiger partial charge in [0.2, 0.25) is 11.1 Å². The lowest BCUT2D eigenvalue weighted by atomic mass is 10.1. The van der Waals surface area contributed by atoms with E-state index in [1.54, 1.807) is 6.92 Å². The van der Waals surface area contributed by atoms with E-state index in [1.807, 2.05) is 26.0 Å². The van der Waals surface area contributed by atoms with Crippen LogP contribution < -0.4 is 11.2 Å². The molecule has 0 aliphatic rings. The van der Waals surface area contributed by atoms with Gasteiger partial charge in [-0.15, -0.1) is 10.2 Å². The van der Waals surface area contributed by atoms with Crippen LogP contribution in [0, 0.1) is 20.8 Å². The molecule has 0 spiro atoms. The van der Waals surface area contributed by atoms with Crippen LogP contribution in [0.3, 0.4) is 0 Å². The monoisotopic (exact) mass is 291 g/mol. The number of aromatic nitrogens is 3. The molecule has 0 bridgehead atoms. The number of amides is 1. The van der Waals surface area contributed by atoms with Crippen LogP contribution in [0.1, 0.15) is 17.0 Å². The third-order valence-corrected chi connectivity index (χ3v) is 3.62. The zero-order chi connectivity index (χ0) is 14.7. The fourth-order valence-corrected chi connectivity index (χ4v) is 2.52. The summed E-state index contributed by atoms with van der Waals surface area (Å²) in [4.78, 5) is 11.9. The van der Waals surface area contributed by atoms with Gasteiger partial charge in [-0.3, -0.25) is 4.79 Å². The van der Waals surface area contributed by atoms with Gasteiger partial charge in [-0.25, -0.2) is 4.68 Å². The third kappa shape index (κ3) is 3.51. The van der Waals surface area contributed by atoms with Crippen LogP contribution in [0.5, 0.6) is 0 Å². The van der Waals surface area contributed by atoms with Crippen molar-refractivity contribution in [1.29, 1.82) is 0 Å². The molecule has 0 aliphatic carbocycles. The second-order valence-electron chi connectivity index (χ2n) is 4.61. The Morgan fingerprint density at radius 3 is 2.45 bits per heavy atom. The molecule has 0 atom stereocenters. The molecule has 0 fully saturated rings. The highest BCUT2D eigenvalue weighted by molar-refractivity contribution is 7.99. The molecule has 1 heterocycles. The van der Waals surface area contributed by atoms with Crippen molar-refractivity contribution in [2.24, 2.45) is 0 Å². The number of aryl methyl sites for hydroxylation is 3. The van der Waals surface area contributed by atoms with Gasteiger partial charge >= 0.3 is 0 Å². The van der Waals surface area contributed by atoms with Gasteiger partial charge < -0.3 is 11.2 Å². The van der Waals surface area contributed by atoms with Gasteiger partial charge in [-0.05, 0) is 44.0 Å². The van der Waals surface area contributed by atoms with Gasteiger partial charge in [0.15, 0.2) is 0 Å². The van der Waals surface area contributed by atoms with Crippen LogP contribution in [-0.4, -0.2) is 26.5 Å². The van der Waals surface area contributed by atoms with Crippen molar-refractivity contribution in [3.8, 4) is 0 Å². The van der Waals surface area contributed by atoms with E-state index in [1.165, 1.54) is 16.4 Å². The average molecular weight is 291 g/mol. The van der Waals surface area contributed by atoms with Crippen molar-refractivity contribution in [3.05, 3.63) is 35.2 Å². The van der Waals surface area contributed by atoms with E-state index in [9.17, 15) is 4.79 Å². The van der Waals surface area contributed by atoms with E-state index >= 15 is 0 Å². The average Bonchev–Trinajstić information content (AvgIpc) is 2.66. The van der Waals surface area contributed by atoms with Crippen molar-refractivity contribution in [2.75, 3.05) is 16.9 Å². The Morgan fingerprint density at radius 1 is 1.25 bits per heavy atom. The number of benzene rings is 1. The molecular weight excluding hydrogens is 274 g/mol. The largest absolute Gasteiger partial charge is 0.336 e. The molecule has 1 amide bonds. The maximum atomic E-state index is 11.9. The molecule has 2 rings (SSSR count). The van der Waals surface area contributed by atoms with Crippen molar-refractivity contribution in [2.45, 2.75) is 25.9 Å². The number of carbonyl (C=O) groups is 1. The zero-order valence-corrected chi connectivity index (χ0v) is 12.5. The quantitative estimate of drug-likeness (QED) is 0.661. The van der Waals surface area contributed by atoms with E-state index in [-0.39, 0.29) is 11.7 Å². The van der Waals surface area contributed by atoms with Crippen LogP contribution in [-0.2, 0) is 4.79 Å². The number of hydrogen-bond donors (Lipinski definition) is 2. The zero-order valence-electron chi connectivity index (χ0n) is 11.7. The topological polar surface area (TPSA) is 85.8 Å². The van der Waals surface area contributed by atoms with E-state index in [4.69, 9.17) is 5.84 Å². The molecule has 3 N–H and O–H groups in total. The normalized spacial score (nSPS) is 10.6. The SMILES string of the molecule is Cc1cc(C)cc(NC(=O)CSc2nnc(C)n2N)c1. The molecule has 2 aromatic rings. The van der Waals surface area contributed by atoms with E-state index < -0.39 is 0 Å². The summed E-state index contributed by atoms with van der Waals surface area (Å²) in [6, 6.07) is 5.93. The van der Waals surface area contributed by atoms with Crippen LogP contribution in [0.4, 0.5) is 5.69 Å². The number of nitrogen functional groups attached to an aromatic ring is 1. The van der Waals surface area contributed by atoms with Crippen LogP contribution >= 0.6 is 11.8 Å². The summed E-state index contributed by atoms with van der Waals surface area (Å²) in [5.41, 5.74) is 3.04. The number of nitrogens with zero attached hydrogens (tertiary/aromatic N) is 3. The molecule has 20 heavy (non-hydrogen) atoms. The maximum absolute atomic E-state index is 11.9. The van der Waals surface area contributed by atoms with E-state index in [0.29, 0.717) is 11.0 Å². The van der Waals surface area contributed by atoms with Crippen LogP contribution in [0.2, 0.25) is 0 Å². The first kappa shape index (κ1) is 14.4. The number of anilines is 1. The smallest absolute Gasteiger partial charge is 0.234 e. The second-order valence-corrected chi connectivity index (χ2v) is 5.56. The van der Waals surface area contributed by atoms with Gasteiger partial charge in [0, 0.05) is 5.69 Å². The molecule has 0 radical (unpaired) electrons. The summed E-state index contributed by atoms with van der Waals surface area (Å²) in [6.45, 7) is 5.75. The summed E-state index contributed by atoms with van der Waals surface area (Å²) in [5.74, 6) is 6.48.